The van der Waals surface area contributed by atoms with Gasteiger partial charge in [-0.2, -0.15) is 0 Å². The Morgan fingerprint density at radius 1 is 1.33 bits per heavy atom. The number of aliphatic hydroxyl groups excluding tert-OH is 1. The van der Waals surface area contributed by atoms with Crippen molar-refractivity contribution in [1.29, 1.82) is 0 Å². The van der Waals surface area contributed by atoms with Crippen molar-refractivity contribution in [2.45, 2.75) is 0 Å². The Morgan fingerprint density at radius 2 is 2.08 bits per heavy atom. The lowest BCUT2D eigenvalue weighted by Gasteiger charge is -1.99. The summed E-state index contributed by atoms with van der Waals surface area (Å²) in [4.78, 5) is 0. The Bertz CT molecular complexity index is 331. The molecule has 0 unspecified atom stereocenters. The van der Waals surface area contributed by atoms with E-state index in [2.05, 4.69) is 6.58 Å². The normalized spacial score (nSPS) is 13.0. The largest absolute Gasteiger partial charge is 0.508 e. The summed E-state index contributed by atoms with van der Waals surface area (Å²) in [5.41, 5.74) is 0.652. The molecule has 1 heterocycles. The van der Waals surface area contributed by atoms with Crippen LogP contribution in [-0.4, -0.2) is 11.9 Å². The van der Waals surface area contributed by atoms with Crippen molar-refractivity contribution in [2.24, 2.45) is 0 Å². The van der Waals surface area contributed by atoms with Crippen molar-refractivity contribution in [3.05, 3.63) is 30.3 Å². The van der Waals surface area contributed by atoms with E-state index in [-0.39, 0.29) is 12.6 Å². The predicted octanol–water partition coefficient (Wildman–Crippen LogP) is 1.94. The molecule has 0 saturated carbocycles. The molecule has 0 amide bonds. The number of hydrogen-bond donors (Lipinski definition) is 1. The number of hydrogen-bond acceptors (Lipinski definition) is 3. The standard InChI is InChI=1S/C9H8O3/c1-6(10)7-2-3-8-9(4-7)12-5-11-8/h2-4,10H,1,5H2. The summed E-state index contributed by atoms with van der Waals surface area (Å²) in [7, 11) is 0. The van der Waals surface area contributed by atoms with Crippen LogP contribution in [0.15, 0.2) is 24.8 Å². The zero-order chi connectivity index (χ0) is 8.55. The van der Waals surface area contributed by atoms with Gasteiger partial charge >= 0.3 is 0 Å². The van der Waals surface area contributed by atoms with Gasteiger partial charge in [0.1, 0.15) is 5.76 Å². The molecule has 12 heavy (non-hydrogen) atoms. The third-order valence-corrected chi connectivity index (χ3v) is 1.71. The van der Waals surface area contributed by atoms with Crippen molar-refractivity contribution in [1.82, 2.24) is 0 Å². The van der Waals surface area contributed by atoms with Crippen molar-refractivity contribution < 1.29 is 14.6 Å². The van der Waals surface area contributed by atoms with Crippen LogP contribution in [0.5, 0.6) is 11.5 Å². The fourth-order valence-electron chi connectivity index (χ4n) is 1.08. The van der Waals surface area contributed by atoms with Gasteiger partial charge < -0.3 is 14.6 Å². The van der Waals surface area contributed by atoms with Crippen LogP contribution in [0.4, 0.5) is 0 Å². The summed E-state index contributed by atoms with van der Waals surface area (Å²) in [5.74, 6) is 1.40. The topological polar surface area (TPSA) is 38.7 Å². The Kier molecular flexibility index (Phi) is 1.43. The van der Waals surface area contributed by atoms with Crippen molar-refractivity contribution >= 4 is 5.76 Å². The molecule has 3 nitrogen and oxygen atoms in total. The van der Waals surface area contributed by atoms with Gasteiger partial charge in [-0.25, -0.2) is 0 Å². The van der Waals surface area contributed by atoms with Gasteiger partial charge in [0.05, 0.1) is 0 Å². The van der Waals surface area contributed by atoms with E-state index in [0.717, 1.165) is 0 Å². The maximum atomic E-state index is 9.06. The van der Waals surface area contributed by atoms with Gasteiger partial charge in [0, 0.05) is 5.56 Å². The van der Waals surface area contributed by atoms with Crippen LogP contribution in [0.1, 0.15) is 5.56 Å². The maximum Gasteiger partial charge on any atom is 0.231 e. The average Bonchev–Trinajstić information content (AvgIpc) is 2.49. The lowest BCUT2D eigenvalue weighted by molar-refractivity contribution is 0.174. The highest BCUT2D eigenvalue weighted by Crippen LogP contribution is 2.33. The monoisotopic (exact) mass is 164 g/mol. The van der Waals surface area contributed by atoms with E-state index in [1.807, 2.05) is 0 Å². The first-order valence-electron chi connectivity index (χ1n) is 3.55. The van der Waals surface area contributed by atoms with E-state index in [1.165, 1.54) is 0 Å². The van der Waals surface area contributed by atoms with Gasteiger partial charge in [0.2, 0.25) is 6.79 Å². The molecule has 0 radical (unpaired) electrons. The molecular weight excluding hydrogens is 156 g/mol. The molecule has 2 rings (SSSR count). The van der Waals surface area contributed by atoms with Crippen LogP contribution >= 0.6 is 0 Å². The summed E-state index contributed by atoms with van der Waals surface area (Å²) in [6.45, 7) is 3.66. The summed E-state index contributed by atoms with van der Waals surface area (Å²) in [6.07, 6.45) is 0. The number of fused-ring (bicyclic) bond motifs is 1. The van der Waals surface area contributed by atoms with E-state index in [9.17, 15) is 0 Å². The van der Waals surface area contributed by atoms with E-state index in [0.29, 0.717) is 17.1 Å². The second kappa shape index (κ2) is 2.44. The third-order valence-electron chi connectivity index (χ3n) is 1.71. The molecule has 62 valence electrons. The number of benzene rings is 1. The molecule has 1 aromatic carbocycles. The highest BCUT2D eigenvalue weighted by atomic mass is 16.7. The van der Waals surface area contributed by atoms with Gasteiger partial charge in [-0.15, -0.1) is 0 Å². The zero-order valence-corrected chi connectivity index (χ0v) is 6.41. The minimum Gasteiger partial charge on any atom is -0.508 e. The molecule has 0 spiro atoms. The van der Waals surface area contributed by atoms with Crippen molar-refractivity contribution in [3.8, 4) is 11.5 Å². The third kappa shape index (κ3) is 0.993. The number of aliphatic hydroxyl groups is 1. The molecular formula is C9H8O3. The summed E-state index contributed by atoms with van der Waals surface area (Å²) in [6, 6.07) is 5.18. The average molecular weight is 164 g/mol. The Labute approximate surface area is 69.9 Å². The highest BCUT2D eigenvalue weighted by molar-refractivity contribution is 5.60. The van der Waals surface area contributed by atoms with Crippen LogP contribution in [0.25, 0.3) is 5.76 Å². The molecule has 1 aliphatic heterocycles. The van der Waals surface area contributed by atoms with Crippen LogP contribution < -0.4 is 9.47 Å². The first kappa shape index (κ1) is 7.03. The molecule has 1 aromatic rings. The van der Waals surface area contributed by atoms with Gasteiger partial charge in [0.25, 0.3) is 0 Å². The van der Waals surface area contributed by atoms with E-state index >= 15 is 0 Å². The molecule has 0 atom stereocenters. The molecule has 3 heteroatoms. The molecule has 0 bridgehead atoms. The van der Waals surface area contributed by atoms with Gasteiger partial charge in [-0.3, -0.25) is 0 Å². The van der Waals surface area contributed by atoms with E-state index in [1.54, 1.807) is 18.2 Å². The lowest BCUT2D eigenvalue weighted by atomic mass is 10.2. The minimum absolute atomic E-state index is 0.0355. The number of rotatable bonds is 1. The van der Waals surface area contributed by atoms with Gasteiger partial charge in [-0.05, 0) is 18.2 Å². The fourth-order valence-corrected chi connectivity index (χ4v) is 1.08. The lowest BCUT2D eigenvalue weighted by Crippen LogP contribution is -1.92. The van der Waals surface area contributed by atoms with E-state index in [4.69, 9.17) is 14.6 Å². The molecule has 0 aromatic heterocycles. The predicted molar refractivity (Wildman–Crippen MR) is 44.2 cm³/mol. The molecule has 0 saturated heterocycles. The fraction of sp³-hybridized carbons (Fsp3) is 0.111. The van der Waals surface area contributed by atoms with Crippen LogP contribution in [-0.2, 0) is 0 Å². The molecule has 0 fully saturated rings. The first-order chi connectivity index (χ1) is 5.77. The van der Waals surface area contributed by atoms with Crippen LogP contribution in [0, 0.1) is 0 Å². The Balaban J connectivity index is 2.45. The van der Waals surface area contributed by atoms with Crippen molar-refractivity contribution in [2.75, 3.05) is 6.79 Å². The molecule has 1 N–H and O–H groups in total. The maximum absolute atomic E-state index is 9.06. The molecule has 0 aliphatic carbocycles. The minimum atomic E-state index is 0.0355. The smallest absolute Gasteiger partial charge is 0.231 e. The Morgan fingerprint density at radius 3 is 2.83 bits per heavy atom. The summed E-state index contributed by atoms with van der Waals surface area (Å²) < 4.78 is 10.2. The van der Waals surface area contributed by atoms with E-state index < -0.39 is 0 Å². The second-order valence-corrected chi connectivity index (χ2v) is 2.51. The van der Waals surface area contributed by atoms with Crippen LogP contribution in [0.3, 0.4) is 0 Å². The Hall–Kier alpha value is -1.64. The summed E-state index contributed by atoms with van der Waals surface area (Å²) >= 11 is 0. The zero-order valence-electron chi connectivity index (χ0n) is 6.41. The SMILES string of the molecule is C=C(O)c1ccc2c(c1)OCO2. The second-order valence-electron chi connectivity index (χ2n) is 2.51. The van der Waals surface area contributed by atoms with Gasteiger partial charge in [0.15, 0.2) is 11.5 Å². The number of ether oxygens (including phenoxy) is 2. The highest BCUT2D eigenvalue weighted by Gasteiger charge is 2.13. The molecule has 1 aliphatic rings. The van der Waals surface area contributed by atoms with Crippen molar-refractivity contribution in [3.63, 3.8) is 0 Å². The quantitative estimate of drug-likeness (QED) is 0.644. The summed E-state index contributed by atoms with van der Waals surface area (Å²) in [5, 5.41) is 9.06. The van der Waals surface area contributed by atoms with Gasteiger partial charge in [-0.1, -0.05) is 6.58 Å². The van der Waals surface area contributed by atoms with Crippen LogP contribution in [0.2, 0.25) is 0 Å². The first-order valence-corrected chi connectivity index (χ1v) is 3.55.